The second-order valence-electron chi connectivity index (χ2n) is 10.2. The third-order valence-corrected chi connectivity index (χ3v) is 8.83. The van der Waals surface area contributed by atoms with Crippen molar-refractivity contribution in [1.82, 2.24) is 0 Å². The van der Waals surface area contributed by atoms with E-state index in [0.717, 1.165) is 48.3 Å². The van der Waals surface area contributed by atoms with Crippen molar-refractivity contribution in [3.05, 3.63) is 12.2 Å². The van der Waals surface area contributed by atoms with E-state index < -0.39 is 0 Å². The molecule has 4 fully saturated rings. The normalized spacial score (nSPS) is 55.7. The Balaban J connectivity index is 1.56. The maximum atomic E-state index is 10.5. The summed E-state index contributed by atoms with van der Waals surface area (Å²) in [7, 11) is 0. The Morgan fingerprint density at radius 1 is 0.913 bits per heavy atom. The van der Waals surface area contributed by atoms with Crippen molar-refractivity contribution in [2.75, 3.05) is 0 Å². The lowest BCUT2D eigenvalue weighted by Crippen LogP contribution is -2.50. The molecule has 4 rings (SSSR count). The molecule has 0 bridgehead atoms. The monoisotopic (exact) mass is 316 g/mol. The molecule has 0 aromatic carbocycles. The van der Waals surface area contributed by atoms with Gasteiger partial charge in [0, 0.05) is 0 Å². The van der Waals surface area contributed by atoms with Gasteiger partial charge in [-0.3, -0.25) is 0 Å². The summed E-state index contributed by atoms with van der Waals surface area (Å²) in [6.07, 6.45) is 11.9. The van der Waals surface area contributed by atoms with Crippen LogP contribution in [0.3, 0.4) is 0 Å². The van der Waals surface area contributed by atoms with Gasteiger partial charge in [0.15, 0.2) is 0 Å². The van der Waals surface area contributed by atoms with Crippen molar-refractivity contribution in [3.63, 3.8) is 0 Å². The second-order valence-corrected chi connectivity index (χ2v) is 10.2. The largest absolute Gasteiger partial charge is 0.390 e. The second kappa shape index (κ2) is 5.35. The molecule has 0 spiro atoms. The minimum atomic E-state index is -0.379. The first-order valence-corrected chi connectivity index (χ1v) is 10.2. The molecule has 0 aliphatic heterocycles. The minimum Gasteiger partial charge on any atom is -0.390 e. The van der Waals surface area contributed by atoms with Gasteiger partial charge in [-0.15, -0.1) is 0 Å². The highest BCUT2D eigenvalue weighted by Gasteiger charge is 2.57. The lowest BCUT2D eigenvalue weighted by Gasteiger charge is -2.57. The zero-order chi connectivity index (χ0) is 16.4. The van der Waals surface area contributed by atoms with E-state index in [1.165, 1.54) is 50.5 Å². The van der Waals surface area contributed by atoms with Crippen LogP contribution in [0.2, 0.25) is 0 Å². The molecule has 0 aromatic heterocycles. The fourth-order valence-electron chi connectivity index (χ4n) is 7.89. The summed E-state index contributed by atoms with van der Waals surface area (Å²) in [5.74, 6) is 5.39. The van der Waals surface area contributed by atoms with E-state index in [2.05, 4.69) is 27.4 Å². The van der Waals surface area contributed by atoms with Gasteiger partial charge in [0.25, 0.3) is 0 Å². The summed E-state index contributed by atoms with van der Waals surface area (Å²) in [5.41, 5.74) is 1.60. The molecule has 23 heavy (non-hydrogen) atoms. The van der Waals surface area contributed by atoms with E-state index in [0.29, 0.717) is 5.41 Å². The Hall–Kier alpha value is -0.300. The summed E-state index contributed by atoms with van der Waals surface area (Å²) in [4.78, 5) is 0. The van der Waals surface area contributed by atoms with E-state index in [4.69, 9.17) is 0 Å². The van der Waals surface area contributed by atoms with Crippen LogP contribution >= 0.6 is 0 Å². The summed E-state index contributed by atoms with van der Waals surface area (Å²) in [6.45, 7) is 11.3. The van der Waals surface area contributed by atoms with Gasteiger partial charge in [0.1, 0.15) is 0 Å². The molecule has 4 aliphatic carbocycles. The van der Waals surface area contributed by atoms with Crippen molar-refractivity contribution < 1.29 is 5.11 Å². The average Bonchev–Trinajstić information content (AvgIpc) is 2.83. The Morgan fingerprint density at radius 3 is 2.39 bits per heavy atom. The maximum Gasteiger partial charge on any atom is 0.0622 e. The van der Waals surface area contributed by atoms with Crippen LogP contribution in [-0.4, -0.2) is 10.7 Å². The highest BCUT2D eigenvalue weighted by Crippen LogP contribution is 2.65. The van der Waals surface area contributed by atoms with E-state index in [-0.39, 0.29) is 5.60 Å². The molecule has 130 valence electrons. The topological polar surface area (TPSA) is 20.2 Å². The molecule has 0 amide bonds. The summed E-state index contributed by atoms with van der Waals surface area (Å²) < 4.78 is 0. The molecule has 0 heterocycles. The van der Waals surface area contributed by atoms with E-state index >= 15 is 0 Å². The van der Waals surface area contributed by atoms with Crippen molar-refractivity contribution in [2.24, 2.45) is 40.9 Å². The van der Waals surface area contributed by atoms with Gasteiger partial charge in [0.2, 0.25) is 0 Å². The number of allylic oxidation sites excluding steroid dienone is 1. The predicted octanol–water partition coefficient (Wildman–Crippen LogP) is 5.58. The van der Waals surface area contributed by atoms with Crippen LogP contribution in [0.1, 0.15) is 78.6 Å². The minimum absolute atomic E-state index is 0.379. The fraction of sp³-hybridized carbons (Fsp3) is 0.909. The number of rotatable bonds is 1. The average molecular weight is 317 g/mol. The quantitative estimate of drug-likeness (QED) is 0.626. The van der Waals surface area contributed by atoms with E-state index in [1.807, 2.05) is 0 Å². The Kier molecular flexibility index (Phi) is 3.76. The standard InChI is InChI=1S/C22H36O/c1-14(2)19-7-8-20-18-6-5-15-13-21(3,23)11-9-16(15)17(18)10-12-22(19,20)4/h15-20,23H,1,5-13H2,2-4H3/t15-,16+,17-,18-,19-,20+,21-,22-/m1/s1. The van der Waals surface area contributed by atoms with Gasteiger partial charge in [-0.05, 0) is 113 Å². The summed E-state index contributed by atoms with van der Waals surface area (Å²) in [6, 6.07) is 0. The van der Waals surface area contributed by atoms with Gasteiger partial charge in [-0.1, -0.05) is 19.1 Å². The molecule has 0 unspecified atom stereocenters. The molecular weight excluding hydrogens is 280 g/mol. The highest BCUT2D eigenvalue weighted by molar-refractivity contribution is 5.14. The van der Waals surface area contributed by atoms with Gasteiger partial charge in [-0.25, -0.2) is 0 Å². The van der Waals surface area contributed by atoms with E-state index in [1.54, 1.807) is 0 Å². The molecule has 1 nitrogen and oxygen atoms in total. The molecule has 4 aliphatic rings. The van der Waals surface area contributed by atoms with Crippen LogP contribution in [0.5, 0.6) is 0 Å². The van der Waals surface area contributed by atoms with Crippen LogP contribution in [-0.2, 0) is 0 Å². The fourth-order valence-corrected chi connectivity index (χ4v) is 7.89. The molecule has 8 atom stereocenters. The highest BCUT2D eigenvalue weighted by atomic mass is 16.3. The Morgan fingerprint density at radius 2 is 1.65 bits per heavy atom. The number of aliphatic hydroxyl groups is 1. The molecular formula is C22H36O. The van der Waals surface area contributed by atoms with Crippen LogP contribution in [0, 0.1) is 40.9 Å². The third-order valence-electron chi connectivity index (χ3n) is 8.83. The number of fused-ring (bicyclic) bond motifs is 5. The summed E-state index contributed by atoms with van der Waals surface area (Å²) in [5, 5.41) is 10.5. The molecule has 4 saturated carbocycles. The van der Waals surface area contributed by atoms with Crippen LogP contribution < -0.4 is 0 Å². The zero-order valence-electron chi connectivity index (χ0n) is 15.5. The number of hydrogen-bond donors (Lipinski definition) is 1. The predicted molar refractivity (Wildman–Crippen MR) is 96.0 cm³/mol. The Bertz CT molecular complexity index is 492. The SMILES string of the molecule is C=C(C)[C@H]1CC[C@H]2[C@@H]3CC[C@@H]4C[C@](C)(O)CC[C@@H]4[C@H]3CC[C@]12C. The Labute approximate surface area is 142 Å². The first kappa shape index (κ1) is 16.2. The smallest absolute Gasteiger partial charge is 0.0622 e. The molecule has 0 saturated heterocycles. The van der Waals surface area contributed by atoms with Crippen LogP contribution in [0.15, 0.2) is 12.2 Å². The first-order valence-electron chi connectivity index (χ1n) is 10.2. The molecule has 0 aromatic rings. The first-order chi connectivity index (χ1) is 10.8. The van der Waals surface area contributed by atoms with Crippen molar-refractivity contribution in [3.8, 4) is 0 Å². The van der Waals surface area contributed by atoms with E-state index in [9.17, 15) is 5.11 Å². The molecule has 1 N–H and O–H groups in total. The molecule has 1 heteroatoms. The zero-order valence-corrected chi connectivity index (χ0v) is 15.5. The van der Waals surface area contributed by atoms with Gasteiger partial charge in [0.05, 0.1) is 5.60 Å². The third kappa shape index (κ3) is 2.44. The van der Waals surface area contributed by atoms with Crippen LogP contribution in [0.4, 0.5) is 0 Å². The molecule has 0 radical (unpaired) electrons. The lowest BCUT2D eigenvalue weighted by molar-refractivity contribution is -0.0977. The van der Waals surface area contributed by atoms with Crippen molar-refractivity contribution in [1.29, 1.82) is 0 Å². The van der Waals surface area contributed by atoms with Gasteiger partial charge < -0.3 is 5.11 Å². The maximum absolute atomic E-state index is 10.5. The van der Waals surface area contributed by atoms with Crippen molar-refractivity contribution in [2.45, 2.75) is 84.2 Å². The lowest BCUT2D eigenvalue weighted by atomic mass is 9.49. The van der Waals surface area contributed by atoms with Crippen LogP contribution in [0.25, 0.3) is 0 Å². The summed E-state index contributed by atoms with van der Waals surface area (Å²) >= 11 is 0. The van der Waals surface area contributed by atoms with Gasteiger partial charge >= 0.3 is 0 Å². The van der Waals surface area contributed by atoms with Gasteiger partial charge in [-0.2, -0.15) is 0 Å². The van der Waals surface area contributed by atoms with Crippen molar-refractivity contribution >= 4 is 0 Å². The number of hydrogen-bond acceptors (Lipinski definition) is 1.